The molecule has 1 N–H and O–H groups in total. The van der Waals surface area contributed by atoms with Gasteiger partial charge in [0.1, 0.15) is 0 Å². The lowest BCUT2D eigenvalue weighted by atomic mass is 10.3. The molecular formula is C11H22N2OS. The molecule has 0 spiro atoms. The van der Waals surface area contributed by atoms with Crippen LogP contribution in [0.15, 0.2) is 0 Å². The van der Waals surface area contributed by atoms with Gasteiger partial charge in [0, 0.05) is 13.1 Å². The van der Waals surface area contributed by atoms with Gasteiger partial charge >= 0.3 is 0 Å². The van der Waals surface area contributed by atoms with E-state index in [1.165, 1.54) is 31.4 Å². The average Bonchev–Trinajstić information content (AvgIpc) is 3.05. The van der Waals surface area contributed by atoms with Gasteiger partial charge in [0.05, 0.1) is 6.54 Å². The lowest BCUT2D eigenvalue weighted by Gasteiger charge is -2.16. The van der Waals surface area contributed by atoms with E-state index in [2.05, 4.69) is 11.6 Å². The molecule has 1 aliphatic rings. The molecule has 0 aliphatic heterocycles. The van der Waals surface area contributed by atoms with E-state index in [9.17, 15) is 4.79 Å². The number of thioether (sulfide) groups is 1. The van der Waals surface area contributed by atoms with Gasteiger partial charge in [0.2, 0.25) is 5.91 Å². The first-order chi connectivity index (χ1) is 7.25. The highest BCUT2D eigenvalue weighted by molar-refractivity contribution is 7.98. The lowest BCUT2D eigenvalue weighted by molar-refractivity contribution is -0.129. The van der Waals surface area contributed by atoms with Gasteiger partial charge in [0.15, 0.2) is 0 Å². The third kappa shape index (κ3) is 5.42. The van der Waals surface area contributed by atoms with Crippen LogP contribution in [-0.2, 0) is 4.79 Å². The molecule has 1 fully saturated rings. The third-order valence-electron chi connectivity index (χ3n) is 2.72. The molecule has 1 saturated carbocycles. The lowest BCUT2D eigenvalue weighted by Crippen LogP contribution is -2.37. The molecule has 0 saturated heterocycles. The van der Waals surface area contributed by atoms with Gasteiger partial charge in [-0.25, -0.2) is 0 Å². The molecule has 0 radical (unpaired) electrons. The van der Waals surface area contributed by atoms with Gasteiger partial charge in [-0.05, 0) is 44.2 Å². The summed E-state index contributed by atoms with van der Waals surface area (Å²) in [4.78, 5) is 13.5. The van der Waals surface area contributed by atoms with Crippen molar-refractivity contribution in [2.75, 3.05) is 32.1 Å². The van der Waals surface area contributed by atoms with E-state index in [1.807, 2.05) is 23.7 Å². The molecular weight excluding hydrogens is 208 g/mol. The molecule has 3 nitrogen and oxygen atoms in total. The summed E-state index contributed by atoms with van der Waals surface area (Å²) in [6.07, 6.45) is 6.91. The van der Waals surface area contributed by atoms with Crippen molar-refractivity contribution in [1.29, 1.82) is 0 Å². The molecule has 0 heterocycles. The molecule has 0 unspecified atom stereocenters. The fourth-order valence-electron chi connectivity index (χ4n) is 1.48. The van der Waals surface area contributed by atoms with Gasteiger partial charge in [-0.3, -0.25) is 4.79 Å². The maximum Gasteiger partial charge on any atom is 0.236 e. The first kappa shape index (κ1) is 12.8. The minimum absolute atomic E-state index is 0.238. The maximum absolute atomic E-state index is 11.6. The molecule has 0 aromatic rings. The predicted molar refractivity (Wildman–Crippen MR) is 66.3 cm³/mol. The highest BCUT2D eigenvalue weighted by atomic mass is 32.2. The Balaban J connectivity index is 1.92. The van der Waals surface area contributed by atoms with Gasteiger partial charge in [-0.15, -0.1) is 0 Å². The Morgan fingerprint density at radius 3 is 2.80 bits per heavy atom. The molecule has 0 aromatic heterocycles. The number of carbonyl (C=O) groups is 1. The predicted octanol–water partition coefficient (Wildman–Crippen LogP) is 1.34. The zero-order chi connectivity index (χ0) is 11.1. The number of unbranched alkanes of at least 4 members (excludes halogenated alkanes) is 1. The largest absolute Gasteiger partial charge is 0.342 e. The van der Waals surface area contributed by atoms with Crippen LogP contribution in [0.3, 0.4) is 0 Å². The summed E-state index contributed by atoms with van der Waals surface area (Å²) in [7, 11) is 1.91. The second-order valence-electron chi connectivity index (χ2n) is 4.11. The van der Waals surface area contributed by atoms with Gasteiger partial charge in [-0.2, -0.15) is 11.8 Å². The Labute approximate surface area is 97.0 Å². The molecule has 0 atom stereocenters. The van der Waals surface area contributed by atoms with E-state index in [1.54, 1.807) is 0 Å². The van der Waals surface area contributed by atoms with Crippen LogP contribution >= 0.6 is 11.8 Å². The van der Waals surface area contributed by atoms with E-state index < -0.39 is 0 Å². The fraction of sp³-hybridized carbons (Fsp3) is 0.909. The Bertz CT molecular complexity index is 195. The molecule has 1 amide bonds. The summed E-state index contributed by atoms with van der Waals surface area (Å²) in [6.45, 7) is 1.47. The highest BCUT2D eigenvalue weighted by Crippen LogP contribution is 2.24. The molecule has 15 heavy (non-hydrogen) atoms. The highest BCUT2D eigenvalue weighted by Gasteiger charge is 2.28. The zero-order valence-corrected chi connectivity index (χ0v) is 10.6. The van der Waals surface area contributed by atoms with Crippen molar-refractivity contribution in [2.45, 2.75) is 31.7 Å². The topological polar surface area (TPSA) is 32.3 Å². The molecule has 1 rings (SSSR count). The van der Waals surface area contributed by atoms with Crippen LogP contribution in [0, 0.1) is 0 Å². The quantitative estimate of drug-likeness (QED) is 0.639. The van der Waals surface area contributed by atoms with Gasteiger partial charge in [0.25, 0.3) is 0 Å². The van der Waals surface area contributed by atoms with Crippen molar-refractivity contribution in [2.24, 2.45) is 0 Å². The maximum atomic E-state index is 11.6. The number of nitrogens with zero attached hydrogens (tertiary/aromatic N) is 1. The second-order valence-corrected chi connectivity index (χ2v) is 5.10. The minimum Gasteiger partial charge on any atom is -0.342 e. The number of likely N-dealkylation sites (N-methyl/N-ethyl adjacent to an activating group) is 1. The average molecular weight is 230 g/mol. The van der Waals surface area contributed by atoms with Crippen molar-refractivity contribution in [3.63, 3.8) is 0 Å². The van der Waals surface area contributed by atoms with Crippen molar-refractivity contribution in [1.82, 2.24) is 10.2 Å². The first-order valence-corrected chi connectivity index (χ1v) is 7.10. The summed E-state index contributed by atoms with van der Waals surface area (Å²) in [6, 6.07) is 0.538. The zero-order valence-electron chi connectivity index (χ0n) is 9.79. The number of nitrogens with one attached hydrogen (secondary N) is 1. The van der Waals surface area contributed by atoms with E-state index in [0.717, 1.165) is 6.54 Å². The normalized spacial score (nSPS) is 15.3. The number of amides is 1. The van der Waals surface area contributed by atoms with Crippen LogP contribution in [-0.4, -0.2) is 49.0 Å². The Kier molecular flexibility index (Phi) is 6.10. The van der Waals surface area contributed by atoms with Crippen LogP contribution in [0.5, 0.6) is 0 Å². The summed E-state index contributed by atoms with van der Waals surface area (Å²) in [5.74, 6) is 1.46. The van der Waals surface area contributed by atoms with Gasteiger partial charge in [-0.1, -0.05) is 0 Å². The Morgan fingerprint density at radius 2 is 2.20 bits per heavy atom. The van der Waals surface area contributed by atoms with Crippen molar-refractivity contribution in [3.8, 4) is 0 Å². The SMILES string of the molecule is CSCCCCNCC(=O)N(C)C1CC1. The standard InChI is InChI=1S/C11H22N2OS/c1-13(10-5-6-10)11(14)9-12-7-3-4-8-15-2/h10,12H,3-9H2,1-2H3. The number of rotatable bonds is 8. The smallest absolute Gasteiger partial charge is 0.236 e. The van der Waals surface area contributed by atoms with E-state index in [-0.39, 0.29) is 5.91 Å². The van der Waals surface area contributed by atoms with Gasteiger partial charge < -0.3 is 10.2 Å². The van der Waals surface area contributed by atoms with Crippen molar-refractivity contribution in [3.05, 3.63) is 0 Å². The summed E-state index contributed by atoms with van der Waals surface area (Å²) < 4.78 is 0. The fourth-order valence-corrected chi connectivity index (χ4v) is 1.97. The van der Waals surface area contributed by atoms with E-state index >= 15 is 0 Å². The van der Waals surface area contributed by atoms with Crippen molar-refractivity contribution < 1.29 is 4.79 Å². The van der Waals surface area contributed by atoms with Crippen LogP contribution in [0.1, 0.15) is 25.7 Å². The van der Waals surface area contributed by atoms with Crippen LogP contribution in [0.25, 0.3) is 0 Å². The molecule has 0 aromatic carbocycles. The number of hydrogen-bond donors (Lipinski definition) is 1. The van der Waals surface area contributed by atoms with Crippen LogP contribution in [0.4, 0.5) is 0 Å². The molecule has 88 valence electrons. The molecule has 4 heteroatoms. The van der Waals surface area contributed by atoms with E-state index in [4.69, 9.17) is 0 Å². The van der Waals surface area contributed by atoms with Crippen LogP contribution < -0.4 is 5.32 Å². The second kappa shape index (κ2) is 7.12. The summed E-state index contributed by atoms with van der Waals surface area (Å²) in [5.41, 5.74) is 0. The Morgan fingerprint density at radius 1 is 1.47 bits per heavy atom. The molecule has 1 aliphatic carbocycles. The summed E-state index contributed by atoms with van der Waals surface area (Å²) >= 11 is 1.88. The number of hydrogen-bond acceptors (Lipinski definition) is 3. The monoisotopic (exact) mass is 230 g/mol. The first-order valence-electron chi connectivity index (χ1n) is 5.71. The number of carbonyl (C=O) groups excluding carboxylic acids is 1. The molecule has 0 bridgehead atoms. The van der Waals surface area contributed by atoms with Crippen molar-refractivity contribution >= 4 is 17.7 Å². The summed E-state index contributed by atoms with van der Waals surface area (Å²) in [5, 5.41) is 3.21. The Hall–Kier alpha value is -0.220. The third-order valence-corrected chi connectivity index (χ3v) is 3.41. The minimum atomic E-state index is 0.238. The van der Waals surface area contributed by atoms with E-state index in [0.29, 0.717) is 12.6 Å². The van der Waals surface area contributed by atoms with Crippen LogP contribution in [0.2, 0.25) is 0 Å².